The van der Waals surface area contributed by atoms with Crippen LogP contribution in [0.1, 0.15) is 31.1 Å². The van der Waals surface area contributed by atoms with Crippen LogP contribution in [0.25, 0.3) is 0 Å². The Labute approximate surface area is 140 Å². The van der Waals surface area contributed by atoms with E-state index in [0.29, 0.717) is 16.8 Å². The van der Waals surface area contributed by atoms with E-state index in [4.69, 9.17) is 16.3 Å². The molecule has 23 heavy (non-hydrogen) atoms. The van der Waals surface area contributed by atoms with Gasteiger partial charge in [-0.05, 0) is 51.1 Å². The molecule has 6 heteroatoms. The van der Waals surface area contributed by atoms with Crippen molar-refractivity contribution < 1.29 is 9.53 Å². The van der Waals surface area contributed by atoms with Gasteiger partial charge in [0, 0.05) is 28.5 Å². The molecule has 0 aliphatic heterocycles. The molecule has 0 aliphatic carbocycles. The van der Waals surface area contributed by atoms with Crippen molar-refractivity contribution in [3.8, 4) is 5.75 Å². The van der Waals surface area contributed by atoms with Crippen LogP contribution in [0.4, 0.5) is 0 Å². The van der Waals surface area contributed by atoms with Crippen LogP contribution in [0.5, 0.6) is 5.75 Å². The Bertz CT molecular complexity index is 690. The molecule has 5 nitrogen and oxygen atoms in total. The van der Waals surface area contributed by atoms with Gasteiger partial charge < -0.3 is 9.30 Å². The van der Waals surface area contributed by atoms with Gasteiger partial charge in [0.2, 0.25) is 0 Å². The average molecular weight is 334 g/mol. The fourth-order valence-electron chi connectivity index (χ4n) is 2.13. The largest absolute Gasteiger partial charge is 0.484 e. The number of aryl methyl sites for hydroxylation is 1. The fourth-order valence-corrected chi connectivity index (χ4v) is 2.26. The van der Waals surface area contributed by atoms with Gasteiger partial charge in [0.1, 0.15) is 5.75 Å². The molecule has 0 saturated heterocycles. The number of carbonyl (C=O) groups excluding carboxylic acids is 1. The number of amides is 1. The Morgan fingerprint density at radius 2 is 2.09 bits per heavy atom. The zero-order valence-corrected chi connectivity index (χ0v) is 14.2. The Hall–Kier alpha value is -2.27. The minimum atomic E-state index is -0.323. The summed E-state index contributed by atoms with van der Waals surface area (Å²) in [6.45, 7) is 6.16. The van der Waals surface area contributed by atoms with Crippen LogP contribution in [-0.2, 0) is 4.79 Å². The molecule has 1 N–H and O–H groups in total. The number of aromatic nitrogens is 1. The molecule has 0 spiro atoms. The van der Waals surface area contributed by atoms with Gasteiger partial charge in [-0.25, -0.2) is 5.43 Å². The molecule has 0 bridgehead atoms. The first-order chi connectivity index (χ1) is 11.0. The molecule has 0 fully saturated rings. The number of benzene rings is 1. The molecule has 0 radical (unpaired) electrons. The lowest BCUT2D eigenvalue weighted by atomic mass is 10.3. The number of hydrogen-bond donors (Lipinski definition) is 1. The monoisotopic (exact) mass is 333 g/mol. The number of nitrogens with one attached hydrogen (secondary N) is 1. The number of hydrogen-bond acceptors (Lipinski definition) is 3. The van der Waals surface area contributed by atoms with E-state index in [1.807, 2.05) is 19.2 Å². The molecule has 1 heterocycles. The summed E-state index contributed by atoms with van der Waals surface area (Å²) < 4.78 is 7.48. The van der Waals surface area contributed by atoms with E-state index in [0.717, 1.165) is 11.3 Å². The summed E-state index contributed by atoms with van der Waals surface area (Å²) in [5.74, 6) is 0.259. The zero-order chi connectivity index (χ0) is 16.8. The van der Waals surface area contributed by atoms with Crippen molar-refractivity contribution in [1.82, 2.24) is 9.99 Å². The maximum atomic E-state index is 11.7. The van der Waals surface area contributed by atoms with E-state index >= 15 is 0 Å². The van der Waals surface area contributed by atoms with Crippen LogP contribution in [0.3, 0.4) is 0 Å². The minimum absolute atomic E-state index is 0.106. The minimum Gasteiger partial charge on any atom is -0.484 e. The van der Waals surface area contributed by atoms with Crippen LogP contribution < -0.4 is 10.2 Å². The van der Waals surface area contributed by atoms with Crippen molar-refractivity contribution in [2.75, 3.05) is 6.61 Å². The smallest absolute Gasteiger partial charge is 0.277 e. The molecule has 2 aromatic rings. The number of ether oxygens (including phenoxy) is 1. The Balaban J connectivity index is 1.81. The standard InChI is InChI=1S/C17H20ClN3O2/c1-12(2)21-10-14(8-13(21)3)9-19-20-17(22)11-23-16-6-4-15(18)5-7-16/h4-10,12H,11H2,1-3H3,(H,20,22)/b19-9-. The average Bonchev–Trinajstić information content (AvgIpc) is 2.88. The third kappa shape index (κ3) is 5.14. The summed E-state index contributed by atoms with van der Waals surface area (Å²) in [4.78, 5) is 11.7. The second-order valence-corrected chi connectivity index (χ2v) is 5.89. The number of halogens is 1. The third-order valence-corrected chi connectivity index (χ3v) is 3.47. The first-order valence-corrected chi connectivity index (χ1v) is 7.72. The van der Waals surface area contributed by atoms with Gasteiger partial charge in [-0.3, -0.25) is 4.79 Å². The molecule has 1 aromatic heterocycles. The number of hydrazone groups is 1. The summed E-state index contributed by atoms with van der Waals surface area (Å²) in [5.41, 5.74) is 4.53. The highest BCUT2D eigenvalue weighted by Crippen LogP contribution is 2.15. The predicted octanol–water partition coefficient (Wildman–Crippen LogP) is 3.56. The molecule has 1 aromatic carbocycles. The molecule has 122 valence electrons. The van der Waals surface area contributed by atoms with Gasteiger partial charge in [-0.2, -0.15) is 5.10 Å². The highest BCUT2D eigenvalue weighted by atomic mass is 35.5. The molecule has 0 atom stereocenters. The van der Waals surface area contributed by atoms with E-state index < -0.39 is 0 Å². The fraction of sp³-hybridized carbons (Fsp3) is 0.294. The second-order valence-electron chi connectivity index (χ2n) is 5.45. The van der Waals surface area contributed by atoms with Crippen molar-refractivity contribution >= 4 is 23.7 Å². The second kappa shape index (κ2) is 7.83. The zero-order valence-electron chi connectivity index (χ0n) is 13.4. The van der Waals surface area contributed by atoms with Gasteiger partial charge in [0.05, 0.1) is 6.21 Å². The van der Waals surface area contributed by atoms with Gasteiger partial charge in [0.15, 0.2) is 6.61 Å². The van der Waals surface area contributed by atoms with E-state index in [1.54, 1.807) is 30.5 Å². The summed E-state index contributed by atoms with van der Waals surface area (Å²) in [7, 11) is 0. The Morgan fingerprint density at radius 3 is 2.70 bits per heavy atom. The molecule has 0 unspecified atom stereocenters. The first kappa shape index (κ1) is 17.1. The third-order valence-electron chi connectivity index (χ3n) is 3.21. The van der Waals surface area contributed by atoms with Crippen molar-refractivity contribution in [2.45, 2.75) is 26.8 Å². The van der Waals surface area contributed by atoms with Crippen molar-refractivity contribution in [3.05, 3.63) is 52.8 Å². The summed E-state index contributed by atoms with van der Waals surface area (Å²) >= 11 is 5.78. The highest BCUT2D eigenvalue weighted by molar-refractivity contribution is 6.30. The van der Waals surface area contributed by atoms with Crippen LogP contribution >= 0.6 is 11.6 Å². The van der Waals surface area contributed by atoms with Crippen LogP contribution in [0.2, 0.25) is 5.02 Å². The summed E-state index contributed by atoms with van der Waals surface area (Å²) in [6.07, 6.45) is 3.62. The molecule has 0 aliphatic rings. The SMILES string of the molecule is Cc1cc(/C=N\NC(=O)COc2ccc(Cl)cc2)cn1C(C)C. The summed E-state index contributed by atoms with van der Waals surface area (Å²) in [5, 5.41) is 4.56. The number of rotatable bonds is 6. The van der Waals surface area contributed by atoms with Crippen molar-refractivity contribution in [2.24, 2.45) is 5.10 Å². The molecule has 0 saturated carbocycles. The van der Waals surface area contributed by atoms with Crippen molar-refractivity contribution in [1.29, 1.82) is 0 Å². The Morgan fingerprint density at radius 1 is 1.39 bits per heavy atom. The lowest BCUT2D eigenvalue weighted by Crippen LogP contribution is -2.24. The van der Waals surface area contributed by atoms with E-state index in [-0.39, 0.29) is 12.5 Å². The molecule has 1 amide bonds. The van der Waals surface area contributed by atoms with E-state index in [2.05, 4.69) is 28.9 Å². The van der Waals surface area contributed by atoms with Crippen LogP contribution in [-0.4, -0.2) is 23.3 Å². The van der Waals surface area contributed by atoms with Gasteiger partial charge in [0.25, 0.3) is 5.91 Å². The van der Waals surface area contributed by atoms with Gasteiger partial charge >= 0.3 is 0 Å². The normalized spacial score (nSPS) is 11.2. The Kier molecular flexibility index (Phi) is 5.82. The van der Waals surface area contributed by atoms with E-state index in [1.165, 1.54) is 0 Å². The summed E-state index contributed by atoms with van der Waals surface area (Å²) in [6, 6.07) is 9.22. The van der Waals surface area contributed by atoms with Crippen LogP contribution in [0, 0.1) is 6.92 Å². The first-order valence-electron chi connectivity index (χ1n) is 7.34. The molecule has 2 rings (SSSR count). The van der Waals surface area contributed by atoms with Gasteiger partial charge in [-0.1, -0.05) is 11.6 Å². The van der Waals surface area contributed by atoms with Gasteiger partial charge in [-0.15, -0.1) is 0 Å². The highest BCUT2D eigenvalue weighted by Gasteiger charge is 2.04. The van der Waals surface area contributed by atoms with Crippen LogP contribution in [0.15, 0.2) is 41.6 Å². The lowest BCUT2D eigenvalue weighted by molar-refractivity contribution is -0.123. The quantitative estimate of drug-likeness (QED) is 0.649. The maximum absolute atomic E-state index is 11.7. The maximum Gasteiger partial charge on any atom is 0.277 e. The van der Waals surface area contributed by atoms with Crippen molar-refractivity contribution in [3.63, 3.8) is 0 Å². The topological polar surface area (TPSA) is 55.6 Å². The molecular formula is C17H20ClN3O2. The lowest BCUT2D eigenvalue weighted by Gasteiger charge is -2.08. The van der Waals surface area contributed by atoms with E-state index in [9.17, 15) is 4.79 Å². The molecular weight excluding hydrogens is 314 g/mol. The number of carbonyl (C=O) groups is 1. The predicted molar refractivity (Wildman–Crippen MR) is 92.2 cm³/mol. The number of nitrogens with zero attached hydrogens (tertiary/aromatic N) is 2.